The first kappa shape index (κ1) is 21.3. The average Bonchev–Trinajstić information content (AvgIpc) is 2.81. The predicted molar refractivity (Wildman–Crippen MR) is 121 cm³/mol. The molecule has 3 N–H and O–H groups in total. The van der Waals surface area contributed by atoms with Crippen molar-refractivity contribution in [1.29, 1.82) is 0 Å². The number of amides is 1. The van der Waals surface area contributed by atoms with Crippen LogP contribution < -0.4 is 15.5 Å². The normalized spacial score (nSPS) is 19.0. The summed E-state index contributed by atoms with van der Waals surface area (Å²) in [5.41, 5.74) is 2.76. The standard InChI is InChI=1S/C24H30N4O3/c29-23(26-20-6-8-21(9-7-20)27-16-12-25-13-17-27)19-10-14-28(15-11-19)22(24(30)31)18-4-2-1-3-5-18/h1-9,19,22,25H,10-17H2,(H,26,29)(H,30,31). The quantitative estimate of drug-likeness (QED) is 0.664. The van der Waals surface area contributed by atoms with E-state index in [1.807, 2.05) is 47.4 Å². The highest BCUT2D eigenvalue weighted by Crippen LogP contribution is 2.28. The van der Waals surface area contributed by atoms with Gasteiger partial charge in [0.05, 0.1) is 0 Å². The maximum atomic E-state index is 12.8. The van der Waals surface area contributed by atoms with Crippen molar-refractivity contribution in [1.82, 2.24) is 10.2 Å². The summed E-state index contributed by atoms with van der Waals surface area (Å²) in [4.78, 5) is 28.9. The van der Waals surface area contributed by atoms with Gasteiger partial charge >= 0.3 is 5.97 Å². The Kier molecular flexibility index (Phi) is 6.84. The Morgan fingerprint density at radius 1 is 0.935 bits per heavy atom. The summed E-state index contributed by atoms with van der Waals surface area (Å²) in [6.45, 7) is 5.14. The fraction of sp³-hybridized carbons (Fsp3) is 0.417. The minimum atomic E-state index is -0.848. The molecule has 2 fully saturated rings. The number of carboxylic acids is 1. The van der Waals surface area contributed by atoms with Crippen molar-refractivity contribution in [3.05, 3.63) is 60.2 Å². The third kappa shape index (κ3) is 5.24. The second-order valence-corrected chi connectivity index (χ2v) is 8.23. The van der Waals surface area contributed by atoms with Gasteiger partial charge in [0.2, 0.25) is 5.91 Å². The number of hydrogen-bond acceptors (Lipinski definition) is 5. The lowest BCUT2D eigenvalue weighted by atomic mass is 9.93. The van der Waals surface area contributed by atoms with Gasteiger partial charge in [-0.1, -0.05) is 30.3 Å². The summed E-state index contributed by atoms with van der Waals surface area (Å²) in [5.74, 6) is -0.936. The number of benzene rings is 2. The molecule has 0 aromatic heterocycles. The number of piperazine rings is 1. The van der Waals surface area contributed by atoms with E-state index in [-0.39, 0.29) is 11.8 Å². The fourth-order valence-corrected chi connectivity index (χ4v) is 4.49. The molecule has 31 heavy (non-hydrogen) atoms. The monoisotopic (exact) mass is 422 g/mol. The summed E-state index contributed by atoms with van der Waals surface area (Å²) in [6.07, 6.45) is 1.31. The largest absolute Gasteiger partial charge is 0.480 e. The number of hydrogen-bond donors (Lipinski definition) is 3. The first-order valence-corrected chi connectivity index (χ1v) is 11.0. The van der Waals surface area contributed by atoms with Crippen LogP contribution in [0.5, 0.6) is 0 Å². The van der Waals surface area contributed by atoms with E-state index in [0.29, 0.717) is 25.9 Å². The molecule has 7 heteroatoms. The smallest absolute Gasteiger partial charge is 0.325 e. The molecule has 0 radical (unpaired) electrons. The van der Waals surface area contributed by atoms with Crippen LogP contribution in [0.3, 0.4) is 0 Å². The SMILES string of the molecule is O=C(Nc1ccc(N2CCNCC2)cc1)C1CCN(C(C(=O)O)c2ccccc2)CC1. The van der Waals surface area contributed by atoms with Crippen LogP contribution in [0.25, 0.3) is 0 Å². The molecule has 1 atom stereocenters. The van der Waals surface area contributed by atoms with Gasteiger partial charge in [-0.05, 0) is 42.7 Å². The number of carbonyl (C=O) groups is 2. The van der Waals surface area contributed by atoms with Crippen molar-refractivity contribution in [2.45, 2.75) is 18.9 Å². The molecule has 4 rings (SSSR count). The minimum Gasteiger partial charge on any atom is -0.480 e. The Bertz CT molecular complexity index is 873. The predicted octanol–water partition coefficient (Wildman–Crippen LogP) is 2.57. The minimum absolute atomic E-state index is 0.0150. The van der Waals surface area contributed by atoms with Gasteiger partial charge in [-0.2, -0.15) is 0 Å². The number of carbonyl (C=O) groups excluding carboxylic acids is 1. The molecule has 2 aliphatic heterocycles. The van der Waals surface area contributed by atoms with E-state index in [1.165, 1.54) is 5.69 Å². The van der Waals surface area contributed by atoms with Crippen molar-refractivity contribution in [2.75, 3.05) is 49.5 Å². The number of piperidine rings is 1. The van der Waals surface area contributed by atoms with Crippen LogP contribution in [0.4, 0.5) is 11.4 Å². The third-order valence-corrected chi connectivity index (χ3v) is 6.23. The zero-order valence-electron chi connectivity index (χ0n) is 17.7. The Morgan fingerprint density at radius 2 is 1.58 bits per heavy atom. The maximum absolute atomic E-state index is 12.8. The van der Waals surface area contributed by atoms with Gasteiger partial charge in [-0.25, -0.2) is 0 Å². The van der Waals surface area contributed by atoms with Gasteiger partial charge in [0.25, 0.3) is 0 Å². The van der Waals surface area contributed by atoms with E-state index < -0.39 is 12.0 Å². The van der Waals surface area contributed by atoms with Crippen molar-refractivity contribution in [3.8, 4) is 0 Å². The molecular weight excluding hydrogens is 392 g/mol. The molecule has 2 aromatic carbocycles. The summed E-state index contributed by atoms with van der Waals surface area (Å²) in [6, 6.07) is 16.7. The van der Waals surface area contributed by atoms with Crippen LogP contribution in [-0.4, -0.2) is 61.2 Å². The summed E-state index contributed by atoms with van der Waals surface area (Å²) < 4.78 is 0. The molecule has 1 unspecified atom stereocenters. The lowest BCUT2D eigenvalue weighted by Crippen LogP contribution is -2.43. The molecule has 2 saturated heterocycles. The van der Waals surface area contributed by atoms with E-state index in [4.69, 9.17) is 0 Å². The highest BCUT2D eigenvalue weighted by molar-refractivity contribution is 5.92. The maximum Gasteiger partial charge on any atom is 0.325 e. The second kappa shape index (κ2) is 9.94. The Hall–Kier alpha value is -2.90. The first-order valence-electron chi connectivity index (χ1n) is 11.0. The van der Waals surface area contributed by atoms with Crippen LogP contribution in [0, 0.1) is 5.92 Å². The summed E-state index contributed by atoms with van der Waals surface area (Å²) >= 11 is 0. The number of nitrogens with zero attached hydrogens (tertiary/aromatic N) is 2. The van der Waals surface area contributed by atoms with E-state index in [0.717, 1.165) is 37.4 Å². The average molecular weight is 423 g/mol. The zero-order valence-corrected chi connectivity index (χ0v) is 17.7. The zero-order chi connectivity index (χ0) is 21.6. The van der Waals surface area contributed by atoms with E-state index in [1.54, 1.807) is 0 Å². The fourth-order valence-electron chi connectivity index (χ4n) is 4.49. The molecule has 2 aromatic rings. The molecule has 164 valence electrons. The Balaban J connectivity index is 1.31. The van der Waals surface area contributed by atoms with Crippen LogP contribution in [-0.2, 0) is 9.59 Å². The van der Waals surface area contributed by atoms with Gasteiger partial charge < -0.3 is 20.6 Å². The van der Waals surface area contributed by atoms with Gasteiger partial charge in [0, 0.05) is 56.6 Å². The lowest BCUT2D eigenvalue weighted by Gasteiger charge is -2.35. The number of rotatable bonds is 6. The molecule has 0 spiro atoms. The van der Waals surface area contributed by atoms with E-state index in [9.17, 15) is 14.7 Å². The van der Waals surface area contributed by atoms with Crippen molar-refractivity contribution >= 4 is 23.3 Å². The third-order valence-electron chi connectivity index (χ3n) is 6.23. The van der Waals surface area contributed by atoms with Crippen LogP contribution in [0.15, 0.2) is 54.6 Å². The van der Waals surface area contributed by atoms with Crippen molar-refractivity contribution in [3.63, 3.8) is 0 Å². The number of nitrogens with one attached hydrogen (secondary N) is 2. The highest BCUT2D eigenvalue weighted by Gasteiger charge is 2.33. The number of likely N-dealkylation sites (tertiary alicyclic amines) is 1. The number of aliphatic carboxylic acids is 1. The van der Waals surface area contributed by atoms with Crippen molar-refractivity contribution in [2.24, 2.45) is 5.92 Å². The molecule has 2 aliphatic rings. The van der Waals surface area contributed by atoms with Gasteiger partial charge in [-0.3, -0.25) is 14.5 Å². The molecule has 0 saturated carbocycles. The summed E-state index contributed by atoms with van der Waals surface area (Å²) in [7, 11) is 0. The van der Waals surface area contributed by atoms with Gasteiger partial charge in [0.15, 0.2) is 0 Å². The Morgan fingerprint density at radius 3 is 2.19 bits per heavy atom. The molecule has 7 nitrogen and oxygen atoms in total. The first-order chi connectivity index (χ1) is 15.1. The van der Waals surface area contributed by atoms with Crippen LogP contribution in [0.1, 0.15) is 24.4 Å². The molecule has 2 heterocycles. The van der Waals surface area contributed by atoms with Gasteiger partial charge in [-0.15, -0.1) is 0 Å². The van der Waals surface area contributed by atoms with Crippen LogP contribution >= 0.6 is 0 Å². The van der Waals surface area contributed by atoms with Crippen molar-refractivity contribution < 1.29 is 14.7 Å². The highest BCUT2D eigenvalue weighted by atomic mass is 16.4. The molecule has 0 bridgehead atoms. The Labute approximate surface area is 183 Å². The topological polar surface area (TPSA) is 84.9 Å². The lowest BCUT2D eigenvalue weighted by molar-refractivity contribution is -0.144. The number of anilines is 2. The van der Waals surface area contributed by atoms with Gasteiger partial charge in [0.1, 0.15) is 6.04 Å². The summed E-state index contributed by atoms with van der Waals surface area (Å²) in [5, 5.41) is 16.1. The number of carboxylic acid groups (broad SMARTS) is 1. The van der Waals surface area contributed by atoms with Crippen LogP contribution in [0.2, 0.25) is 0 Å². The molecule has 0 aliphatic carbocycles. The van der Waals surface area contributed by atoms with E-state index >= 15 is 0 Å². The van der Waals surface area contributed by atoms with E-state index in [2.05, 4.69) is 27.7 Å². The molecule has 1 amide bonds. The molecular formula is C24H30N4O3. The second-order valence-electron chi connectivity index (χ2n) is 8.23.